The number of anilines is 3. The zero-order valence-corrected chi connectivity index (χ0v) is 27.2. The normalized spacial score (nSPS) is 19.0. The van der Waals surface area contributed by atoms with Gasteiger partial charge in [0.15, 0.2) is 5.69 Å². The van der Waals surface area contributed by atoms with Crippen molar-refractivity contribution in [3.63, 3.8) is 0 Å². The van der Waals surface area contributed by atoms with Crippen molar-refractivity contribution in [1.29, 1.82) is 0 Å². The molecule has 0 aliphatic carbocycles. The molecular formula is C33H43F3N8O3. The second-order valence-corrected chi connectivity index (χ2v) is 13.5. The van der Waals surface area contributed by atoms with Crippen molar-refractivity contribution < 1.29 is 27.5 Å². The van der Waals surface area contributed by atoms with Gasteiger partial charge in [0.05, 0.1) is 30.2 Å². The lowest BCUT2D eigenvalue weighted by molar-refractivity contribution is -0.136. The van der Waals surface area contributed by atoms with Crippen LogP contribution in [0.1, 0.15) is 52.0 Å². The van der Waals surface area contributed by atoms with Gasteiger partial charge >= 0.3 is 12.3 Å². The van der Waals surface area contributed by atoms with E-state index in [4.69, 9.17) is 11.3 Å². The summed E-state index contributed by atoms with van der Waals surface area (Å²) in [4.78, 5) is 45.3. The van der Waals surface area contributed by atoms with E-state index in [-0.39, 0.29) is 23.9 Å². The van der Waals surface area contributed by atoms with Crippen molar-refractivity contribution in [2.45, 2.75) is 58.2 Å². The zero-order valence-electron chi connectivity index (χ0n) is 27.2. The summed E-state index contributed by atoms with van der Waals surface area (Å²) < 4.78 is 45.7. The van der Waals surface area contributed by atoms with E-state index < -0.39 is 23.0 Å². The van der Waals surface area contributed by atoms with Crippen molar-refractivity contribution in [3.8, 4) is 0 Å². The first kappa shape index (κ1) is 34.2. The van der Waals surface area contributed by atoms with Crippen LogP contribution in [0.3, 0.4) is 0 Å². The van der Waals surface area contributed by atoms with Crippen LogP contribution >= 0.6 is 0 Å². The van der Waals surface area contributed by atoms with Crippen LogP contribution in [0.25, 0.3) is 4.85 Å². The minimum absolute atomic E-state index is 0.204. The van der Waals surface area contributed by atoms with Crippen LogP contribution in [0.2, 0.25) is 0 Å². The Labute approximate surface area is 273 Å². The second kappa shape index (κ2) is 14.3. The molecular weight excluding hydrogens is 613 g/mol. The van der Waals surface area contributed by atoms with Gasteiger partial charge in [0, 0.05) is 70.5 Å². The van der Waals surface area contributed by atoms with E-state index in [1.807, 2.05) is 25.7 Å². The largest absolute Gasteiger partial charge is 0.444 e. The number of ether oxygens (including phenoxy) is 1. The molecule has 0 radical (unpaired) electrons. The SMILES string of the molecule is [C-]#[N+]c1ccc(N2CCC(C(=O)Nc3ncc(N4CCC(CN5CCN(C(=O)OC(C)(C)C)CC5)CC4)cn3)CC2)cc1C(F)(F)F. The Balaban J connectivity index is 1.03. The highest BCUT2D eigenvalue weighted by molar-refractivity contribution is 5.91. The van der Waals surface area contributed by atoms with Gasteiger partial charge in [-0.1, -0.05) is 6.07 Å². The zero-order chi connectivity index (χ0) is 33.8. The average molecular weight is 657 g/mol. The van der Waals surface area contributed by atoms with Crippen molar-refractivity contribution in [2.24, 2.45) is 11.8 Å². The number of hydrogen-bond donors (Lipinski definition) is 1. The van der Waals surface area contributed by atoms with Crippen LogP contribution in [-0.4, -0.2) is 96.3 Å². The van der Waals surface area contributed by atoms with Gasteiger partial charge in [0.25, 0.3) is 0 Å². The number of carbonyl (C=O) groups excluding carboxylic acids is 2. The molecule has 254 valence electrons. The molecule has 5 rings (SSSR count). The fourth-order valence-electron chi connectivity index (χ4n) is 6.38. The number of hydrogen-bond acceptors (Lipinski definition) is 8. The molecule has 0 atom stereocenters. The summed E-state index contributed by atoms with van der Waals surface area (Å²) in [5, 5.41) is 2.80. The molecule has 2 aromatic rings. The highest BCUT2D eigenvalue weighted by Crippen LogP contribution is 2.39. The van der Waals surface area contributed by atoms with Gasteiger partial charge in [-0.3, -0.25) is 15.0 Å². The maximum Gasteiger partial charge on any atom is 0.410 e. The number of benzene rings is 1. The topological polar surface area (TPSA) is 98.5 Å². The Hall–Kier alpha value is -4.12. The number of rotatable bonds is 6. The van der Waals surface area contributed by atoms with E-state index in [9.17, 15) is 22.8 Å². The van der Waals surface area contributed by atoms with Gasteiger partial charge in [-0.2, -0.15) is 13.2 Å². The van der Waals surface area contributed by atoms with Crippen molar-refractivity contribution >= 4 is 35.0 Å². The van der Waals surface area contributed by atoms with E-state index in [1.165, 1.54) is 12.1 Å². The first-order valence-electron chi connectivity index (χ1n) is 16.2. The minimum Gasteiger partial charge on any atom is -0.444 e. The van der Waals surface area contributed by atoms with Gasteiger partial charge in [-0.25, -0.2) is 19.6 Å². The fraction of sp³-hybridized carbons (Fsp3) is 0.606. The molecule has 47 heavy (non-hydrogen) atoms. The molecule has 0 saturated carbocycles. The van der Waals surface area contributed by atoms with Gasteiger partial charge in [-0.05, 0) is 64.5 Å². The summed E-state index contributed by atoms with van der Waals surface area (Å²) in [5.74, 6) is 0.295. The number of piperidine rings is 2. The first-order valence-corrected chi connectivity index (χ1v) is 16.2. The third-order valence-corrected chi connectivity index (χ3v) is 9.03. The third-order valence-electron chi connectivity index (χ3n) is 9.03. The molecule has 3 fully saturated rings. The number of nitrogens with zero attached hydrogens (tertiary/aromatic N) is 7. The molecule has 1 aromatic carbocycles. The number of halogens is 3. The summed E-state index contributed by atoms with van der Waals surface area (Å²) in [7, 11) is 0. The maximum atomic E-state index is 13.4. The van der Waals surface area contributed by atoms with Crippen molar-refractivity contribution in [3.05, 3.63) is 47.6 Å². The number of amides is 2. The highest BCUT2D eigenvalue weighted by atomic mass is 19.4. The Kier molecular flexibility index (Phi) is 10.4. The Bertz CT molecular complexity index is 1430. The third kappa shape index (κ3) is 9.03. The summed E-state index contributed by atoms with van der Waals surface area (Å²) in [6.45, 7) is 19.4. The molecule has 2 amide bonds. The van der Waals surface area contributed by atoms with Crippen molar-refractivity contribution in [2.75, 3.05) is 74.0 Å². The molecule has 1 N–H and O–H groups in total. The molecule has 0 spiro atoms. The number of carbonyl (C=O) groups is 2. The first-order chi connectivity index (χ1) is 22.3. The summed E-state index contributed by atoms with van der Waals surface area (Å²) in [6.07, 6.45) is 1.65. The van der Waals surface area contributed by atoms with Crippen LogP contribution in [0.15, 0.2) is 30.6 Å². The lowest BCUT2D eigenvalue weighted by Gasteiger charge is -2.39. The predicted octanol–water partition coefficient (Wildman–Crippen LogP) is 5.67. The van der Waals surface area contributed by atoms with E-state index in [2.05, 4.69) is 29.9 Å². The molecule has 0 bridgehead atoms. The molecule has 3 aliphatic rings. The van der Waals surface area contributed by atoms with Gasteiger partial charge < -0.3 is 19.4 Å². The van der Waals surface area contributed by atoms with Gasteiger partial charge in [0.2, 0.25) is 11.9 Å². The molecule has 3 aliphatic heterocycles. The van der Waals surface area contributed by atoms with Crippen molar-refractivity contribution in [1.82, 2.24) is 19.8 Å². The Morgan fingerprint density at radius 2 is 1.51 bits per heavy atom. The second-order valence-electron chi connectivity index (χ2n) is 13.5. The standard InChI is InChI=1S/C33H43F3N8O3/c1-32(2,3)47-31(46)44-17-15-41(16-18-44)22-23-7-11-43(12-8-23)26-20-38-30(39-21-26)40-29(45)24-9-13-42(14-10-24)25-5-6-28(37-4)27(19-25)33(34,35)36/h5-6,19-21,23-24H,7-18,22H2,1-3H3,(H,38,39,40,45). The molecule has 3 saturated heterocycles. The summed E-state index contributed by atoms with van der Waals surface area (Å²) in [6, 6.07) is 3.74. The smallest absolute Gasteiger partial charge is 0.410 e. The predicted molar refractivity (Wildman–Crippen MR) is 172 cm³/mol. The van der Waals surface area contributed by atoms with Crippen LogP contribution in [0.4, 0.5) is 41.0 Å². The molecule has 11 nitrogen and oxygen atoms in total. The maximum absolute atomic E-state index is 13.4. The highest BCUT2D eigenvalue weighted by Gasteiger charge is 2.35. The Morgan fingerprint density at radius 3 is 2.09 bits per heavy atom. The molecule has 14 heteroatoms. The molecule has 1 aromatic heterocycles. The molecule has 4 heterocycles. The van der Waals surface area contributed by atoms with Crippen LogP contribution in [-0.2, 0) is 15.7 Å². The fourth-order valence-corrected chi connectivity index (χ4v) is 6.38. The van der Waals surface area contributed by atoms with E-state index in [0.29, 0.717) is 50.6 Å². The quantitative estimate of drug-likeness (QED) is 0.398. The summed E-state index contributed by atoms with van der Waals surface area (Å²) in [5.41, 5.74) is -0.555. The van der Waals surface area contributed by atoms with Gasteiger partial charge in [0.1, 0.15) is 5.60 Å². The summed E-state index contributed by atoms with van der Waals surface area (Å²) >= 11 is 0. The number of piperazine rings is 1. The van der Waals surface area contributed by atoms with Crippen LogP contribution in [0.5, 0.6) is 0 Å². The van der Waals surface area contributed by atoms with E-state index in [1.54, 1.807) is 17.3 Å². The lowest BCUT2D eigenvalue weighted by atomic mass is 9.95. The average Bonchev–Trinajstić information content (AvgIpc) is 3.04. The Morgan fingerprint density at radius 1 is 0.915 bits per heavy atom. The van der Waals surface area contributed by atoms with Crippen LogP contribution < -0.4 is 15.1 Å². The lowest BCUT2D eigenvalue weighted by Crippen LogP contribution is -2.51. The van der Waals surface area contributed by atoms with Gasteiger partial charge in [-0.15, -0.1) is 0 Å². The number of nitrogens with one attached hydrogen (secondary N) is 1. The van der Waals surface area contributed by atoms with E-state index >= 15 is 0 Å². The van der Waals surface area contributed by atoms with E-state index in [0.717, 1.165) is 57.3 Å². The van der Waals surface area contributed by atoms with Crippen LogP contribution in [0, 0.1) is 18.4 Å². The number of aromatic nitrogens is 2. The molecule has 0 unspecified atom stereocenters. The minimum atomic E-state index is -4.61. The number of alkyl halides is 3. The monoisotopic (exact) mass is 656 g/mol.